The predicted octanol–water partition coefficient (Wildman–Crippen LogP) is 3.31. The van der Waals surface area contributed by atoms with E-state index in [4.69, 9.17) is 0 Å². The van der Waals surface area contributed by atoms with Gasteiger partial charge in [-0.3, -0.25) is 9.78 Å². The Morgan fingerprint density at radius 3 is 2.58 bits per heavy atom. The fraction of sp³-hybridized carbons (Fsp3) is 0.400. The molecule has 24 heavy (non-hydrogen) atoms. The normalized spacial score (nSPS) is 16.0. The van der Waals surface area contributed by atoms with Crippen LogP contribution in [0.4, 0.5) is 5.69 Å². The van der Waals surface area contributed by atoms with E-state index in [1.807, 2.05) is 12.1 Å². The molecule has 4 nitrogen and oxygen atoms in total. The van der Waals surface area contributed by atoms with Crippen LogP contribution in [0.15, 0.2) is 54.9 Å². The number of carbonyl (C=O) groups excluding carboxylic acids is 1. The molecule has 0 radical (unpaired) electrons. The van der Waals surface area contributed by atoms with Crippen LogP contribution in [0.3, 0.4) is 0 Å². The topological polar surface area (TPSA) is 36.4 Å². The van der Waals surface area contributed by atoms with Crippen molar-refractivity contribution in [2.45, 2.75) is 25.2 Å². The van der Waals surface area contributed by atoms with Crippen molar-refractivity contribution >= 4 is 12.1 Å². The maximum absolute atomic E-state index is 11.3. The average Bonchev–Trinajstić information content (AvgIpc) is 2.67. The van der Waals surface area contributed by atoms with Gasteiger partial charge in [0.2, 0.25) is 6.41 Å². The Balaban J connectivity index is 1.41. The molecule has 0 spiro atoms. The fourth-order valence-electron chi connectivity index (χ4n) is 3.45. The highest BCUT2D eigenvalue weighted by atomic mass is 16.1. The van der Waals surface area contributed by atoms with Crippen LogP contribution in [0.2, 0.25) is 0 Å². The summed E-state index contributed by atoms with van der Waals surface area (Å²) in [5, 5.41) is 0. The molecule has 0 N–H and O–H groups in total. The van der Waals surface area contributed by atoms with Crippen LogP contribution < -0.4 is 4.90 Å². The zero-order valence-corrected chi connectivity index (χ0v) is 14.1. The number of anilines is 1. The number of piperidine rings is 1. The second kappa shape index (κ2) is 8.60. The lowest BCUT2D eigenvalue weighted by Crippen LogP contribution is -2.35. The Labute approximate surface area is 144 Å². The number of nitrogens with zero attached hydrogens (tertiary/aromatic N) is 3. The van der Waals surface area contributed by atoms with Gasteiger partial charge >= 0.3 is 0 Å². The van der Waals surface area contributed by atoms with Gasteiger partial charge in [-0.2, -0.15) is 0 Å². The summed E-state index contributed by atoms with van der Waals surface area (Å²) < 4.78 is 0. The van der Waals surface area contributed by atoms with Crippen LogP contribution in [0, 0.1) is 0 Å². The van der Waals surface area contributed by atoms with Crippen molar-refractivity contribution in [1.82, 2.24) is 9.88 Å². The molecule has 1 fully saturated rings. The highest BCUT2D eigenvalue weighted by Gasteiger charge is 2.20. The van der Waals surface area contributed by atoms with E-state index >= 15 is 0 Å². The van der Waals surface area contributed by atoms with Gasteiger partial charge in [0.15, 0.2) is 0 Å². The molecule has 126 valence electrons. The number of benzene rings is 1. The Hall–Kier alpha value is -2.20. The molecule has 1 saturated heterocycles. The van der Waals surface area contributed by atoms with E-state index in [2.05, 4.69) is 40.2 Å². The van der Waals surface area contributed by atoms with Crippen LogP contribution in [0.1, 0.15) is 30.7 Å². The molecule has 1 aliphatic rings. The largest absolute Gasteiger partial charge is 0.313 e. The van der Waals surface area contributed by atoms with Crippen molar-refractivity contribution in [3.05, 3.63) is 60.4 Å². The minimum atomic E-state index is 0.698. The van der Waals surface area contributed by atoms with Gasteiger partial charge < -0.3 is 9.80 Å². The molecule has 0 unspecified atom stereocenters. The molecule has 1 aromatic carbocycles. The molecule has 0 saturated carbocycles. The lowest BCUT2D eigenvalue weighted by molar-refractivity contribution is -0.107. The Morgan fingerprint density at radius 1 is 1.12 bits per heavy atom. The van der Waals surface area contributed by atoms with E-state index in [9.17, 15) is 4.79 Å². The van der Waals surface area contributed by atoms with Crippen molar-refractivity contribution in [3.63, 3.8) is 0 Å². The summed E-state index contributed by atoms with van der Waals surface area (Å²) in [7, 11) is 0. The molecular formula is C20H25N3O. The molecule has 0 bridgehead atoms. The van der Waals surface area contributed by atoms with Gasteiger partial charge in [0.25, 0.3) is 0 Å². The van der Waals surface area contributed by atoms with Crippen LogP contribution >= 0.6 is 0 Å². The first-order valence-electron chi connectivity index (χ1n) is 8.76. The molecule has 1 aliphatic heterocycles. The second-order valence-electron chi connectivity index (χ2n) is 6.39. The third-order valence-electron chi connectivity index (χ3n) is 4.84. The number of likely N-dealkylation sites (tertiary alicyclic amines) is 1. The molecule has 1 aromatic heterocycles. The number of hydrogen-bond donors (Lipinski definition) is 0. The SMILES string of the molecule is O=CN(CCCN1CCC(c2ccccc2)CC1)c1cccnc1. The van der Waals surface area contributed by atoms with Gasteiger partial charge in [-0.25, -0.2) is 0 Å². The zero-order chi connectivity index (χ0) is 16.6. The van der Waals surface area contributed by atoms with Gasteiger partial charge in [-0.15, -0.1) is 0 Å². The molecule has 2 aromatic rings. The lowest BCUT2D eigenvalue weighted by Gasteiger charge is -2.32. The van der Waals surface area contributed by atoms with Crippen molar-refractivity contribution in [1.29, 1.82) is 0 Å². The van der Waals surface area contributed by atoms with Crippen molar-refractivity contribution in [3.8, 4) is 0 Å². The summed E-state index contributed by atoms with van der Waals surface area (Å²) in [6.07, 6.45) is 7.80. The first kappa shape index (κ1) is 16.7. The third kappa shape index (κ3) is 4.42. The summed E-state index contributed by atoms with van der Waals surface area (Å²) in [6.45, 7) is 4.08. The highest BCUT2D eigenvalue weighted by molar-refractivity contribution is 5.74. The predicted molar refractivity (Wildman–Crippen MR) is 97.1 cm³/mol. The lowest BCUT2D eigenvalue weighted by atomic mass is 9.89. The van der Waals surface area contributed by atoms with E-state index in [0.717, 1.165) is 44.7 Å². The molecule has 1 amide bonds. The summed E-state index contributed by atoms with van der Waals surface area (Å²) >= 11 is 0. The summed E-state index contributed by atoms with van der Waals surface area (Å²) in [5.41, 5.74) is 2.34. The third-order valence-corrected chi connectivity index (χ3v) is 4.84. The highest BCUT2D eigenvalue weighted by Crippen LogP contribution is 2.27. The number of pyridine rings is 1. The second-order valence-corrected chi connectivity index (χ2v) is 6.39. The molecule has 0 atom stereocenters. The van der Waals surface area contributed by atoms with Crippen LogP contribution in [0.5, 0.6) is 0 Å². The summed E-state index contributed by atoms with van der Waals surface area (Å²) in [5.74, 6) is 0.698. The van der Waals surface area contributed by atoms with Gasteiger partial charge in [0.1, 0.15) is 0 Å². The van der Waals surface area contributed by atoms with Crippen molar-refractivity contribution < 1.29 is 4.79 Å². The Kier molecular flexibility index (Phi) is 5.96. The standard InChI is InChI=1S/C20H25N3O/c24-17-23(20-8-4-11-21-16-20)13-5-12-22-14-9-19(10-15-22)18-6-2-1-3-7-18/h1-4,6-8,11,16-17,19H,5,9-10,12-15H2. The Morgan fingerprint density at radius 2 is 1.92 bits per heavy atom. The first-order chi connectivity index (χ1) is 11.9. The smallest absolute Gasteiger partial charge is 0.214 e. The van der Waals surface area contributed by atoms with E-state index in [0.29, 0.717) is 5.92 Å². The van der Waals surface area contributed by atoms with Gasteiger partial charge in [0, 0.05) is 12.7 Å². The zero-order valence-electron chi connectivity index (χ0n) is 14.1. The fourth-order valence-corrected chi connectivity index (χ4v) is 3.45. The van der Waals surface area contributed by atoms with E-state index in [-0.39, 0.29) is 0 Å². The van der Waals surface area contributed by atoms with E-state index < -0.39 is 0 Å². The molecule has 2 heterocycles. The monoisotopic (exact) mass is 323 g/mol. The van der Waals surface area contributed by atoms with Gasteiger partial charge in [0.05, 0.1) is 11.9 Å². The Bertz CT molecular complexity index is 609. The molecule has 4 heteroatoms. The van der Waals surface area contributed by atoms with Crippen LogP contribution in [-0.4, -0.2) is 42.5 Å². The number of carbonyl (C=O) groups is 1. The number of aromatic nitrogens is 1. The summed E-state index contributed by atoms with van der Waals surface area (Å²) in [4.78, 5) is 19.6. The van der Waals surface area contributed by atoms with Crippen LogP contribution in [0.25, 0.3) is 0 Å². The quantitative estimate of drug-likeness (QED) is 0.734. The average molecular weight is 323 g/mol. The first-order valence-corrected chi connectivity index (χ1v) is 8.76. The van der Waals surface area contributed by atoms with Crippen molar-refractivity contribution in [2.75, 3.05) is 31.1 Å². The molecule has 0 aliphatic carbocycles. The van der Waals surface area contributed by atoms with Crippen molar-refractivity contribution in [2.24, 2.45) is 0 Å². The van der Waals surface area contributed by atoms with Gasteiger partial charge in [-0.1, -0.05) is 30.3 Å². The maximum atomic E-state index is 11.3. The minimum Gasteiger partial charge on any atom is -0.313 e. The van der Waals surface area contributed by atoms with Gasteiger partial charge in [-0.05, 0) is 62.5 Å². The molecular weight excluding hydrogens is 298 g/mol. The van der Waals surface area contributed by atoms with Crippen LogP contribution in [-0.2, 0) is 4.79 Å². The van der Waals surface area contributed by atoms with E-state index in [1.165, 1.54) is 18.4 Å². The minimum absolute atomic E-state index is 0.698. The summed E-state index contributed by atoms with van der Waals surface area (Å²) in [6, 6.07) is 14.6. The maximum Gasteiger partial charge on any atom is 0.214 e. The number of amides is 1. The number of rotatable bonds is 7. The van der Waals surface area contributed by atoms with E-state index in [1.54, 1.807) is 17.3 Å². The number of hydrogen-bond acceptors (Lipinski definition) is 3. The molecule has 3 rings (SSSR count).